The van der Waals surface area contributed by atoms with Gasteiger partial charge in [0.1, 0.15) is 11.6 Å². The van der Waals surface area contributed by atoms with Crippen LogP contribution in [-0.2, 0) is 11.2 Å². The number of likely N-dealkylation sites (N-methyl/N-ethyl adjacent to an activating group) is 1. The van der Waals surface area contributed by atoms with Crippen LogP contribution in [0.3, 0.4) is 0 Å². The predicted molar refractivity (Wildman–Crippen MR) is 87.2 cm³/mol. The molecular formula is C18H17ClFNO2. The van der Waals surface area contributed by atoms with Gasteiger partial charge in [0.2, 0.25) is 0 Å². The Morgan fingerprint density at radius 3 is 2.91 bits per heavy atom. The lowest BCUT2D eigenvalue weighted by Gasteiger charge is -2.25. The van der Waals surface area contributed by atoms with E-state index in [0.29, 0.717) is 5.75 Å². The highest BCUT2D eigenvalue weighted by atomic mass is 35.5. The standard InChI is InChI=1S/C18H17ClFNO2/c1-21(16-8-6-12-4-2-3-5-14(12)16)18(22)11-23-17-9-7-13(20)10-15(17)19/h2-5,7,9-10,16H,6,8,11H2,1H3. The summed E-state index contributed by atoms with van der Waals surface area (Å²) in [7, 11) is 1.78. The van der Waals surface area contributed by atoms with Crippen molar-refractivity contribution in [3.63, 3.8) is 0 Å². The first-order valence-electron chi connectivity index (χ1n) is 7.47. The average Bonchev–Trinajstić information content (AvgIpc) is 2.97. The molecule has 0 aromatic heterocycles. The van der Waals surface area contributed by atoms with Gasteiger partial charge in [0, 0.05) is 7.05 Å². The molecule has 5 heteroatoms. The van der Waals surface area contributed by atoms with Gasteiger partial charge in [-0.2, -0.15) is 0 Å². The SMILES string of the molecule is CN(C(=O)COc1ccc(F)cc1Cl)C1CCc2ccccc21. The molecule has 2 aromatic rings. The molecule has 1 unspecified atom stereocenters. The highest BCUT2D eigenvalue weighted by molar-refractivity contribution is 6.32. The van der Waals surface area contributed by atoms with Crippen LogP contribution in [0.4, 0.5) is 4.39 Å². The maximum atomic E-state index is 13.0. The van der Waals surface area contributed by atoms with Crippen LogP contribution in [0.15, 0.2) is 42.5 Å². The van der Waals surface area contributed by atoms with Gasteiger partial charge in [-0.05, 0) is 42.2 Å². The molecule has 1 amide bonds. The molecule has 3 nitrogen and oxygen atoms in total. The highest BCUT2D eigenvalue weighted by Crippen LogP contribution is 2.35. The van der Waals surface area contributed by atoms with Crippen molar-refractivity contribution in [2.45, 2.75) is 18.9 Å². The van der Waals surface area contributed by atoms with Gasteiger partial charge in [-0.25, -0.2) is 4.39 Å². The van der Waals surface area contributed by atoms with Gasteiger partial charge in [-0.15, -0.1) is 0 Å². The van der Waals surface area contributed by atoms with Crippen LogP contribution >= 0.6 is 11.6 Å². The molecule has 1 aliphatic carbocycles. The summed E-state index contributed by atoms with van der Waals surface area (Å²) < 4.78 is 18.4. The zero-order valence-corrected chi connectivity index (χ0v) is 13.5. The number of carbonyl (C=O) groups is 1. The summed E-state index contributed by atoms with van der Waals surface area (Å²) in [5.74, 6) is -0.262. The number of amides is 1. The number of benzene rings is 2. The summed E-state index contributed by atoms with van der Waals surface area (Å²) in [6.45, 7) is -0.124. The Morgan fingerprint density at radius 2 is 2.13 bits per heavy atom. The van der Waals surface area contributed by atoms with E-state index in [1.54, 1.807) is 11.9 Å². The summed E-state index contributed by atoms with van der Waals surface area (Å²) in [5.41, 5.74) is 2.49. The Bertz CT molecular complexity index is 735. The zero-order chi connectivity index (χ0) is 16.4. The van der Waals surface area contributed by atoms with Crippen molar-refractivity contribution >= 4 is 17.5 Å². The van der Waals surface area contributed by atoms with Crippen molar-refractivity contribution < 1.29 is 13.9 Å². The van der Waals surface area contributed by atoms with Crippen molar-refractivity contribution in [1.82, 2.24) is 4.90 Å². The van der Waals surface area contributed by atoms with E-state index in [2.05, 4.69) is 12.1 Å². The molecule has 0 bridgehead atoms. The molecular weight excluding hydrogens is 317 g/mol. The maximum Gasteiger partial charge on any atom is 0.260 e. The molecule has 0 saturated carbocycles. The van der Waals surface area contributed by atoms with E-state index in [-0.39, 0.29) is 23.6 Å². The van der Waals surface area contributed by atoms with Crippen LogP contribution in [-0.4, -0.2) is 24.5 Å². The summed E-state index contributed by atoms with van der Waals surface area (Å²) in [5, 5.41) is 0.159. The van der Waals surface area contributed by atoms with Gasteiger partial charge in [0.05, 0.1) is 11.1 Å². The number of nitrogens with zero attached hydrogens (tertiary/aromatic N) is 1. The Kier molecular flexibility index (Phi) is 4.53. The maximum absolute atomic E-state index is 13.0. The minimum absolute atomic E-state index is 0.0750. The first kappa shape index (κ1) is 15.8. The minimum atomic E-state index is -0.437. The topological polar surface area (TPSA) is 29.5 Å². The third kappa shape index (κ3) is 3.32. The smallest absolute Gasteiger partial charge is 0.260 e. The number of ether oxygens (including phenoxy) is 1. The quantitative estimate of drug-likeness (QED) is 0.846. The van der Waals surface area contributed by atoms with Crippen molar-refractivity contribution in [1.29, 1.82) is 0 Å². The van der Waals surface area contributed by atoms with Crippen LogP contribution in [0.2, 0.25) is 5.02 Å². The van der Waals surface area contributed by atoms with Crippen LogP contribution < -0.4 is 4.74 Å². The van der Waals surface area contributed by atoms with E-state index in [1.165, 1.54) is 23.3 Å². The van der Waals surface area contributed by atoms with Crippen molar-refractivity contribution in [3.8, 4) is 5.75 Å². The van der Waals surface area contributed by atoms with E-state index in [1.807, 2.05) is 12.1 Å². The fourth-order valence-corrected chi connectivity index (χ4v) is 3.17. The third-order valence-electron chi connectivity index (χ3n) is 4.21. The monoisotopic (exact) mass is 333 g/mol. The Balaban J connectivity index is 1.65. The lowest BCUT2D eigenvalue weighted by atomic mass is 10.1. The van der Waals surface area contributed by atoms with E-state index < -0.39 is 5.82 Å². The molecule has 0 heterocycles. The summed E-state index contributed by atoms with van der Waals surface area (Å²) in [4.78, 5) is 14.1. The van der Waals surface area contributed by atoms with Crippen molar-refractivity contribution in [2.24, 2.45) is 0 Å². The first-order chi connectivity index (χ1) is 11.1. The van der Waals surface area contributed by atoms with E-state index >= 15 is 0 Å². The molecule has 2 aromatic carbocycles. The lowest BCUT2D eigenvalue weighted by Crippen LogP contribution is -2.34. The van der Waals surface area contributed by atoms with Crippen LogP contribution in [0.25, 0.3) is 0 Å². The first-order valence-corrected chi connectivity index (χ1v) is 7.85. The molecule has 1 aliphatic rings. The van der Waals surface area contributed by atoms with Crippen molar-refractivity contribution in [3.05, 3.63) is 64.4 Å². The molecule has 0 fully saturated rings. The molecule has 0 N–H and O–H groups in total. The normalized spacial score (nSPS) is 16.0. The minimum Gasteiger partial charge on any atom is -0.482 e. The van der Waals surface area contributed by atoms with Gasteiger partial charge in [0.15, 0.2) is 6.61 Å². The predicted octanol–water partition coefficient (Wildman–Crippen LogP) is 4.00. The summed E-state index contributed by atoms with van der Waals surface area (Å²) in [6, 6.07) is 12.1. The Labute approximate surface area is 139 Å². The van der Waals surface area contributed by atoms with Crippen LogP contribution in [0.1, 0.15) is 23.6 Å². The molecule has 0 saturated heterocycles. The van der Waals surface area contributed by atoms with Gasteiger partial charge in [0.25, 0.3) is 5.91 Å². The van der Waals surface area contributed by atoms with Crippen LogP contribution in [0, 0.1) is 5.82 Å². The second-order valence-corrected chi connectivity index (χ2v) is 6.03. The molecule has 3 rings (SSSR count). The number of rotatable bonds is 4. The number of fused-ring (bicyclic) bond motifs is 1. The molecule has 23 heavy (non-hydrogen) atoms. The Hall–Kier alpha value is -2.07. The largest absolute Gasteiger partial charge is 0.482 e. The number of hydrogen-bond donors (Lipinski definition) is 0. The third-order valence-corrected chi connectivity index (χ3v) is 4.50. The average molecular weight is 334 g/mol. The molecule has 1 atom stereocenters. The fraction of sp³-hybridized carbons (Fsp3) is 0.278. The van der Waals surface area contributed by atoms with Gasteiger partial charge in [-0.1, -0.05) is 35.9 Å². The second-order valence-electron chi connectivity index (χ2n) is 5.62. The van der Waals surface area contributed by atoms with Gasteiger partial charge >= 0.3 is 0 Å². The number of aryl methyl sites for hydroxylation is 1. The molecule has 0 radical (unpaired) electrons. The fourth-order valence-electron chi connectivity index (χ4n) is 2.94. The van der Waals surface area contributed by atoms with E-state index in [9.17, 15) is 9.18 Å². The van der Waals surface area contributed by atoms with Gasteiger partial charge in [-0.3, -0.25) is 4.79 Å². The molecule has 120 valence electrons. The molecule has 0 aliphatic heterocycles. The van der Waals surface area contributed by atoms with E-state index in [0.717, 1.165) is 18.9 Å². The summed E-state index contributed by atoms with van der Waals surface area (Å²) >= 11 is 5.90. The number of hydrogen-bond acceptors (Lipinski definition) is 2. The van der Waals surface area contributed by atoms with Crippen molar-refractivity contribution in [2.75, 3.05) is 13.7 Å². The number of halogens is 2. The zero-order valence-electron chi connectivity index (χ0n) is 12.8. The molecule has 0 spiro atoms. The second kappa shape index (κ2) is 6.59. The lowest BCUT2D eigenvalue weighted by molar-refractivity contribution is -0.134. The summed E-state index contributed by atoms with van der Waals surface area (Å²) in [6.07, 6.45) is 1.89. The van der Waals surface area contributed by atoms with Crippen LogP contribution in [0.5, 0.6) is 5.75 Å². The number of carbonyl (C=O) groups excluding carboxylic acids is 1. The Morgan fingerprint density at radius 1 is 1.35 bits per heavy atom. The van der Waals surface area contributed by atoms with Gasteiger partial charge < -0.3 is 9.64 Å². The highest BCUT2D eigenvalue weighted by Gasteiger charge is 2.28. The van der Waals surface area contributed by atoms with E-state index in [4.69, 9.17) is 16.3 Å².